The molecule has 1 aliphatic carbocycles. The summed E-state index contributed by atoms with van der Waals surface area (Å²) < 4.78 is 0. The molecular formula is C11H21N. The molecular weight excluding hydrogens is 146 g/mol. The van der Waals surface area contributed by atoms with Crippen molar-refractivity contribution in [3.63, 3.8) is 0 Å². The van der Waals surface area contributed by atoms with Crippen LogP contribution >= 0.6 is 0 Å². The van der Waals surface area contributed by atoms with Crippen molar-refractivity contribution in [2.24, 2.45) is 0 Å². The fraction of sp³-hybridized carbons (Fsp3) is 0.818. The van der Waals surface area contributed by atoms with E-state index in [2.05, 4.69) is 32.2 Å². The van der Waals surface area contributed by atoms with E-state index in [1.165, 1.54) is 31.3 Å². The Balaban J connectivity index is 2.25. The molecule has 1 rings (SSSR count). The first-order valence-corrected chi connectivity index (χ1v) is 5.07. The average molecular weight is 167 g/mol. The maximum atomic E-state index is 3.64. The molecule has 0 unspecified atom stereocenters. The van der Waals surface area contributed by atoms with E-state index in [9.17, 15) is 0 Å². The second-order valence-corrected chi connectivity index (χ2v) is 4.15. The van der Waals surface area contributed by atoms with E-state index in [-0.39, 0.29) is 0 Å². The van der Waals surface area contributed by atoms with Gasteiger partial charge in [-0.25, -0.2) is 0 Å². The van der Waals surface area contributed by atoms with E-state index in [0.29, 0.717) is 5.54 Å². The van der Waals surface area contributed by atoms with Crippen LogP contribution in [0.1, 0.15) is 46.5 Å². The molecule has 0 spiro atoms. The van der Waals surface area contributed by atoms with Crippen LogP contribution in [0.3, 0.4) is 0 Å². The van der Waals surface area contributed by atoms with Gasteiger partial charge in [-0.3, -0.25) is 0 Å². The highest BCUT2D eigenvalue weighted by Gasteiger charge is 2.33. The van der Waals surface area contributed by atoms with Crippen LogP contribution in [0.5, 0.6) is 0 Å². The zero-order valence-electron chi connectivity index (χ0n) is 8.61. The van der Waals surface area contributed by atoms with Gasteiger partial charge in [-0.1, -0.05) is 18.6 Å². The maximum Gasteiger partial charge on any atom is 0.0181 e. The summed E-state index contributed by atoms with van der Waals surface area (Å²) in [6.07, 6.45) is 7.72. The molecule has 70 valence electrons. The Hall–Kier alpha value is -0.300. The molecule has 1 N–H and O–H groups in total. The Morgan fingerprint density at radius 3 is 2.42 bits per heavy atom. The van der Waals surface area contributed by atoms with Crippen molar-refractivity contribution in [2.75, 3.05) is 6.54 Å². The number of nitrogens with one attached hydrogen (secondary N) is 1. The first-order valence-electron chi connectivity index (χ1n) is 5.07. The molecule has 1 saturated carbocycles. The van der Waals surface area contributed by atoms with Crippen LogP contribution in [0.25, 0.3) is 0 Å². The zero-order chi connectivity index (χ0) is 9.03. The van der Waals surface area contributed by atoms with Crippen molar-refractivity contribution in [1.29, 1.82) is 0 Å². The maximum absolute atomic E-state index is 3.64. The minimum atomic E-state index is 0.506. The Labute approximate surface area is 76.2 Å². The number of rotatable bonds is 4. The topological polar surface area (TPSA) is 12.0 Å². The summed E-state index contributed by atoms with van der Waals surface area (Å²) in [4.78, 5) is 0. The monoisotopic (exact) mass is 167 g/mol. The summed E-state index contributed by atoms with van der Waals surface area (Å²) in [5.41, 5.74) is 1.92. The summed E-state index contributed by atoms with van der Waals surface area (Å²) in [5, 5.41) is 3.64. The van der Waals surface area contributed by atoms with Crippen LogP contribution < -0.4 is 5.32 Å². The van der Waals surface area contributed by atoms with Gasteiger partial charge in [0.15, 0.2) is 0 Å². The van der Waals surface area contributed by atoms with E-state index in [4.69, 9.17) is 0 Å². The first kappa shape index (κ1) is 9.79. The van der Waals surface area contributed by atoms with Gasteiger partial charge in [-0.15, -0.1) is 0 Å². The predicted molar refractivity (Wildman–Crippen MR) is 54.3 cm³/mol. The lowest BCUT2D eigenvalue weighted by Gasteiger charge is -2.42. The largest absolute Gasteiger partial charge is 0.308 e. The molecule has 12 heavy (non-hydrogen) atoms. The lowest BCUT2D eigenvalue weighted by molar-refractivity contribution is 0.184. The zero-order valence-corrected chi connectivity index (χ0v) is 8.61. The van der Waals surface area contributed by atoms with Crippen molar-refractivity contribution in [3.05, 3.63) is 11.6 Å². The van der Waals surface area contributed by atoms with Crippen LogP contribution in [-0.4, -0.2) is 12.1 Å². The Kier molecular flexibility index (Phi) is 3.33. The molecule has 0 amide bonds. The van der Waals surface area contributed by atoms with Crippen molar-refractivity contribution in [2.45, 2.75) is 52.0 Å². The Bertz CT molecular complexity index is 156. The average Bonchev–Trinajstić information content (AvgIpc) is 1.94. The first-order chi connectivity index (χ1) is 5.68. The van der Waals surface area contributed by atoms with Gasteiger partial charge >= 0.3 is 0 Å². The Morgan fingerprint density at radius 2 is 2.08 bits per heavy atom. The van der Waals surface area contributed by atoms with Gasteiger partial charge in [0.25, 0.3) is 0 Å². The Morgan fingerprint density at radius 1 is 1.42 bits per heavy atom. The molecule has 0 heterocycles. The fourth-order valence-electron chi connectivity index (χ4n) is 1.73. The molecule has 0 atom stereocenters. The molecule has 1 nitrogen and oxygen atoms in total. The minimum absolute atomic E-state index is 0.506. The van der Waals surface area contributed by atoms with Gasteiger partial charge in [0.2, 0.25) is 0 Å². The van der Waals surface area contributed by atoms with Gasteiger partial charge in [0, 0.05) is 12.1 Å². The molecule has 0 aliphatic heterocycles. The highest BCUT2D eigenvalue weighted by molar-refractivity contribution is 5.00. The van der Waals surface area contributed by atoms with E-state index >= 15 is 0 Å². The van der Waals surface area contributed by atoms with Crippen LogP contribution in [0.15, 0.2) is 11.6 Å². The number of allylic oxidation sites excluding steroid dienone is 1. The molecule has 0 aromatic rings. The van der Waals surface area contributed by atoms with Crippen molar-refractivity contribution < 1.29 is 0 Å². The second-order valence-electron chi connectivity index (χ2n) is 4.15. The molecule has 0 aromatic carbocycles. The standard InChI is InChI=1S/C11H21N/c1-4-11(7-5-8-11)12-9-6-10(2)3/h6,12H,4-5,7-9H2,1-3H3. The molecule has 0 saturated heterocycles. The summed E-state index contributed by atoms with van der Waals surface area (Å²) >= 11 is 0. The summed E-state index contributed by atoms with van der Waals surface area (Å²) in [6.45, 7) is 7.65. The van der Waals surface area contributed by atoms with E-state index in [1.54, 1.807) is 0 Å². The van der Waals surface area contributed by atoms with Gasteiger partial charge in [-0.05, 0) is 39.5 Å². The summed E-state index contributed by atoms with van der Waals surface area (Å²) in [7, 11) is 0. The van der Waals surface area contributed by atoms with E-state index < -0.39 is 0 Å². The molecule has 1 aliphatic rings. The number of hydrogen-bond donors (Lipinski definition) is 1. The van der Waals surface area contributed by atoms with Crippen LogP contribution in [0, 0.1) is 0 Å². The summed E-state index contributed by atoms with van der Waals surface area (Å²) in [6, 6.07) is 0. The van der Waals surface area contributed by atoms with Crippen molar-refractivity contribution in [3.8, 4) is 0 Å². The summed E-state index contributed by atoms with van der Waals surface area (Å²) in [5.74, 6) is 0. The smallest absolute Gasteiger partial charge is 0.0181 e. The molecule has 1 fully saturated rings. The molecule has 0 bridgehead atoms. The molecule has 0 aromatic heterocycles. The third kappa shape index (κ3) is 2.34. The lowest BCUT2D eigenvalue weighted by Crippen LogP contribution is -2.50. The van der Waals surface area contributed by atoms with Crippen LogP contribution in [0.2, 0.25) is 0 Å². The third-order valence-corrected chi connectivity index (χ3v) is 2.97. The van der Waals surface area contributed by atoms with Crippen LogP contribution in [-0.2, 0) is 0 Å². The normalized spacial score (nSPS) is 19.9. The molecule has 0 radical (unpaired) electrons. The fourth-order valence-corrected chi connectivity index (χ4v) is 1.73. The van der Waals surface area contributed by atoms with Crippen molar-refractivity contribution >= 4 is 0 Å². The van der Waals surface area contributed by atoms with E-state index in [1.807, 2.05) is 0 Å². The van der Waals surface area contributed by atoms with Crippen molar-refractivity contribution in [1.82, 2.24) is 5.32 Å². The van der Waals surface area contributed by atoms with Gasteiger partial charge in [0.1, 0.15) is 0 Å². The van der Waals surface area contributed by atoms with Crippen LogP contribution in [0.4, 0.5) is 0 Å². The SMILES string of the molecule is CCC1(NCC=C(C)C)CCC1. The lowest BCUT2D eigenvalue weighted by atomic mass is 9.75. The highest BCUT2D eigenvalue weighted by Crippen LogP contribution is 2.34. The second kappa shape index (κ2) is 4.08. The van der Waals surface area contributed by atoms with E-state index in [0.717, 1.165) is 6.54 Å². The van der Waals surface area contributed by atoms with Gasteiger partial charge in [0.05, 0.1) is 0 Å². The third-order valence-electron chi connectivity index (χ3n) is 2.97. The number of hydrogen-bond acceptors (Lipinski definition) is 1. The minimum Gasteiger partial charge on any atom is -0.308 e. The highest BCUT2D eigenvalue weighted by atomic mass is 15.0. The quantitative estimate of drug-likeness (QED) is 0.635. The molecule has 1 heteroatoms. The van der Waals surface area contributed by atoms with Gasteiger partial charge < -0.3 is 5.32 Å². The predicted octanol–water partition coefficient (Wildman–Crippen LogP) is 2.87. The van der Waals surface area contributed by atoms with Gasteiger partial charge in [-0.2, -0.15) is 0 Å².